The molecule has 2 rings (SSSR count). The molecule has 0 spiro atoms. The van der Waals surface area contributed by atoms with E-state index >= 15 is 0 Å². The Labute approximate surface area is 119 Å². The molecule has 21 heavy (non-hydrogen) atoms. The van der Waals surface area contributed by atoms with Crippen LogP contribution in [0.3, 0.4) is 0 Å². The molecule has 7 heteroatoms. The summed E-state index contributed by atoms with van der Waals surface area (Å²) in [6, 6.07) is 4.39. The number of nitrogens with zero attached hydrogens (tertiary/aromatic N) is 1. The number of carbonyl (C=O) groups excluding carboxylic acids is 2. The van der Waals surface area contributed by atoms with Crippen LogP contribution >= 0.6 is 0 Å². The molecule has 1 heterocycles. The van der Waals surface area contributed by atoms with Crippen molar-refractivity contribution in [2.45, 2.75) is 32.1 Å². The molecule has 1 aliphatic heterocycles. The molecule has 0 aliphatic carbocycles. The Morgan fingerprint density at radius 3 is 2.43 bits per heavy atom. The lowest BCUT2D eigenvalue weighted by Gasteiger charge is -2.26. The molecule has 1 aromatic rings. The van der Waals surface area contributed by atoms with Crippen LogP contribution in [0.5, 0.6) is 0 Å². The van der Waals surface area contributed by atoms with E-state index in [0.717, 1.165) is 12.1 Å². The molecule has 1 saturated heterocycles. The van der Waals surface area contributed by atoms with Crippen LogP contribution in [0, 0.1) is 0 Å². The molecular formula is C14H15F3N2O2. The lowest BCUT2D eigenvalue weighted by atomic mass is 10.1. The molecule has 1 fully saturated rings. The van der Waals surface area contributed by atoms with Crippen molar-refractivity contribution in [1.82, 2.24) is 10.2 Å². The van der Waals surface area contributed by atoms with Gasteiger partial charge in [-0.1, -0.05) is 12.1 Å². The van der Waals surface area contributed by atoms with E-state index < -0.39 is 11.7 Å². The van der Waals surface area contributed by atoms with E-state index in [4.69, 9.17) is 0 Å². The normalized spacial score (nSPS) is 20.2. The monoisotopic (exact) mass is 300 g/mol. The minimum absolute atomic E-state index is 0.0796. The Bertz CT molecular complexity index is 540. The number of alkyl halides is 3. The van der Waals surface area contributed by atoms with Gasteiger partial charge in [0.15, 0.2) is 0 Å². The number of hydrogen-bond donors (Lipinski definition) is 1. The van der Waals surface area contributed by atoms with Gasteiger partial charge in [0.05, 0.1) is 12.1 Å². The second-order valence-electron chi connectivity index (χ2n) is 5.05. The fraction of sp³-hybridized carbons (Fsp3) is 0.429. The zero-order chi connectivity index (χ0) is 15.6. The summed E-state index contributed by atoms with van der Waals surface area (Å²) in [4.78, 5) is 24.8. The van der Waals surface area contributed by atoms with E-state index in [1.165, 1.54) is 17.0 Å². The summed E-state index contributed by atoms with van der Waals surface area (Å²) in [6.45, 7) is 1.85. The van der Waals surface area contributed by atoms with Gasteiger partial charge in [0.25, 0.3) is 0 Å². The molecular weight excluding hydrogens is 285 g/mol. The first-order valence-electron chi connectivity index (χ1n) is 6.49. The summed E-state index contributed by atoms with van der Waals surface area (Å²) in [6.07, 6.45) is -4.19. The standard InChI is InChI=1S/C14H15F3N2O2/c1-9-6-12(20)18-7-13(21)19(9)8-10-2-4-11(5-3-10)14(15,16)17/h2-5,9H,6-8H2,1H3,(H,18,20). The van der Waals surface area contributed by atoms with Gasteiger partial charge in [0.2, 0.25) is 11.8 Å². The highest BCUT2D eigenvalue weighted by Gasteiger charge is 2.30. The topological polar surface area (TPSA) is 49.4 Å². The Hall–Kier alpha value is -2.05. The number of carbonyl (C=O) groups is 2. The molecule has 2 amide bonds. The SMILES string of the molecule is CC1CC(=O)NCC(=O)N1Cc1ccc(C(F)(F)F)cc1. The highest BCUT2D eigenvalue weighted by molar-refractivity contribution is 5.87. The number of benzene rings is 1. The first-order valence-corrected chi connectivity index (χ1v) is 6.49. The minimum atomic E-state index is -4.37. The average Bonchev–Trinajstić information content (AvgIpc) is 2.51. The Kier molecular flexibility index (Phi) is 4.20. The van der Waals surface area contributed by atoms with Crippen LogP contribution in [0.2, 0.25) is 0 Å². The van der Waals surface area contributed by atoms with Gasteiger partial charge in [-0.05, 0) is 24.6 Å². The van der Waals surface area contributed by atoms with Crippen molar-refractivity contribution < 1.29 is 22.8 Å². The van der Waals surface area contributed by atoms with Crippen LogP contribution in [0.25, 0.3) is 0 Å². The fourth-order valence-corrected chi connectivity index (χ4v) is 2.21. The predicted octanol–water partition coefficient (Wildman–Crippen LogP) is 1.94. The van der Waals surface area contributed by atoms with Crippen LogP contribution in [-0.4, -0.2) is 29.3 Å². The van der Waals surface area contributed by atoms with Gasteiger partial charge in [-0.3, -0.25) is 9.59 Å². The molecule has 0 bridgehead atoms. The summed E-state index contributed by atoms with van der Waals surface area (Å²) < 4.78 is 37.5. The Morgan fingerprint density at radius 1 is 1.24 bits per heavy atom. The number of amides is 2. The van der Waals surface area contributed by atoms with E-state index in [1.807, 2.05) is 0 Å². The Morgan fingerprint density at radius 2 is 1.86 bits per heavy atom. The Balaban J connectivity index is 2.13. The van der Waals surface area contributed by atoms with Gasteiger partial charge < -0.3 is 10.2 Å². The number of rotatable bonds is 2. The summed E-state index contributed by atoms with van der Waals surface area (Å²) in [7, 11) is 0. The molecule has 4 nitrogen and oxygen atoms in total. The minimum Gasteiger partial charge on any atom is -0.347 e. The molecule has 1 N–H and O–H groups in total. The van der Waals surface area contributed by atoms with Gasteiger partial charge in [-0.2, -0.15) is 13.2 Å². The molecule has 1 unspecified atom stereocenters. The van der Waals surface area contributed by atoms with E-state index in [-0.39, 0.29) is 37.4 Å². The molecule has 1 aromatic carbocycles. The molecule has 1 aliphatic rings. The van der Waals surface area contributed by atoms with Gasteiger partial charge in [0, 0.05) is 19.0 Å². The van der Waals surface area contributed by atoms with E-state index in [9.17, 15) is 22.8 Å². The zero-order valence-electron chi connectivity index (χ0n) is 11.4. The summed E-state index contributed by atoms with van der Waals surface area (Å²) in [5.74, 6) is -0.445. The first kappa shape index (κ1) is 15.3. The third kappa shape index (κ3) is 3.74. The molecule has 0 saturated carbocycles. The van der Waals surface area contributed by atoms with Gasteiger partial charge >= 0.3 is 6.18 Å². The number of nitrogens with one attached hydrogen (secondary N) is 1. The van der Waals surface area contributed by atoms with E-state index in [1.54, 1.807) is 6.92 Å². The maximum absolute atomic E-state index is 12.5. The smallest absolute Gasteiger partial charge is 0.347 e. The molecule has 0 aromatic heterocycles. The van der Waals surface area contributed by atoms with Gasteiger partial charge in [-0.25, -0.2) is 0 Å². The second-order valence-corrected chi connectivity index (χ2v) is 5.05. The van der Waals surface area contributed by atoms with Crippen LogP contribution in [-0.2, 0) is 22.3 Å². The van der Waals surface area contributed by atoms with Crippen molar-refractivity contribution in [2.24, 2.45) is 0 Å². The third-order valence-electron chi connectivity index (χ3n) is 3.40. The molecule has 1 atom stereocenters. The van der Waals surface area contributed by atoms with Gasteiger partial charge in [-0.15, -0.1) is 0 Å². The zero-order valence-corrected chi connectivity index (χ0v) is 11.4. The van der Waals surface area contributed by atoms with Crippen LogP contribution in [0.4, 0.5) is 13.2 Å². The summed E-state index contributed by atoms with van der Waals surface area (Å²) in [5, 5.41) is 2.49. The van der Waals surface area contributed by atoms with Crippen molar-refractivity contribution in [3.05, 3.63) is 35.4 Å². The van der Waals surface area contributed by atoms with Crippen LogP contribution in [0.15, 0.2) is 24.3 Å². The van der Waals surface area contributed by atoms with Crippen molar-refractivity contribution in [2.75, 3.05) is 6.54 Å². The number of halogens is 3. The second kappa shape index (κ2) is 5.75. The largest absolute Gasteiger partial charge is 0.416 e. The number of hydrogen-bond acceptors (Lipinski definition) is 2. The first-order chi connectivity index (χ1) is 9.77. The third-order valence-corrected chi connectivity index (χ3v) is 3.40. The maximum Gasteiger partial charge on any atom is 0.416 e. The van der Waals surface area contributed by atoms with E-state index in [0.29, 0.717) is 5.56 Å². The molecule has 0 radical (unpaired) electrons. The fourth-order valence-electron chi connectivity index (χ4n) is 2.21. The molecule has 114 valence electrons. The van der Waals surface area contributed by atoms with Crippen molar-refractivity contribution in [1.29, 1.82) is 0 Å². The lowest BCUT2D eigenvalue weighted by molar-refractivity contribution is -0.137. The summed E-state index contributed by atoms with van der Waals surface area (Å²) in [5.41, 5.74) is -0.129. The average molecular weight is 300 g/mol. The van der Waals surface area contributed by atoms with Crippen molar-refractivity contribution >= 4 is 11.8 Å². The van der Waals surface area contributed by atoms with Crippen LogP contribution < -0.4 is 5.32 Å². The maximum atomic E-state index is 12.5. The summed E-state index contributed by atoms with van der Waals surface area (Å²) >= 11 is 0. The van der Waals surface area contributed by atoms with Gasteiger partial charge in [0.1, 0.15) is 0 Å². The quantitative estimate of drug-likeness (QED) is 0.907. The van der Waals surface area contributed by atoms with Crippen molar-refractivity contribution in [3.63, 3.8) is 0 Å². The highest BCUT2D eigenvalue weighted by Crippen LogP contribution is 2.29. The predicted molar refractivity (Wildman–Crippen MR) is 69.1 cm³/mol. The van der Waals surface area contributed by atoms with Crippen LogP contribution in [0.1, 0.15) is 24.5 Å². The van der Waals surface area contributed by atoms with Crippen molar-refractivity contribution in [3.8, 4) is 0 Å². The highest BCUT2D eigenvalue weighted by atomic mass is 19.4. The lowest BCUT2D eigenvalue weighted by Crippen LogP contribution is -2.39. The van der Waals surface area contributed by atoms with E-state index in [2.05, 4.69) is 5.32 Å².